The van der Waals surface area contributed by atoms with Gasteiger partial charge >= 0.3 is 0 Å². The van der Waals surface area contributed by atoms with Crippen LogP contribution in [0.3, 0.4) is 0 Å². The summed E-state index contributed by atoms with van der Waals surface area (Å²) in [5.41, 5.74) is 14.7. The van der Waals surface area contributed by atoms with Gasteiger partial charge in [0.15, 0.2) is 17.5 Å². The molecule has 258 valence electrons. The maximum atomic E-state index is 5.06. The third kappa shape index (κ3) is 5.57. The van der Waals surface area contributed by atoms with E-state index < -0.39 is 5.41 Å². The van der Waals surface area contributed by atoms with E-state index in [0.717, 1.165) is 27.8 Å². The minimum atomic E-state index is -0.446. The molecule has 0 saturated heterocycles. The van der Waals surface area contributed by atoms with Crippen molar-refractivity contribution in [3.05, 3.63) is 235 Å². The van der Waals surface area contributed by atoms with Crippen molar-refractivity contribution in [3.8, 4) is 67.5 Å². The Morgan fingerprint density at radius 1 is 0.255 bits per heavy atom. The average molecular weight is 702 g/mol. The van der Waals surface area contributed by atoms with Crippen molar-refractivity contribution in [3.63, 3.8) is 0 Å². The van der Waals surface area contributed by atoms with Crippen molar-refractivity contribution in [1.29, 1.82) is 0 Å². The number of benzene rings is 8. The van der Waals surface area contributed by atoms with Gasteiger partial charge in [0, 0.05) is 16.7 Å². The second-order valence-electron chi connectivity index (χ2n) is 13.9. The van der Waals surface area contributed by atoms with Crippen LogP contribution in [0.5, 0.6) is 0 Å². The van der Waals surface area contributed by atoms with E-state index in [9.17, 15) is 0 Å². The maximum Gasteiger partial charge on any atom is 0.164 e. The number of nitrogens with zero attached hydrogens (tertiary/aromatic N) is 3. The summed E-state index contributed by atoms with van der Waals surface area (Å²) in [5, 5.41) is 0. The lowest BCUT2D eigenvalue weighted by molar-refractivity contribution is 0.768. The molecule has 1 heterocycles. The average Bonchev–Trinajstić information content (AvgIpc) is 3.59. The van der Waals surface area contributed by atoms with Crippen LogP contribution in [0.4, 0.5) is 0 Å². The molecule has 1 aromatic heterocycles. The second-order valence-corrected chi connectivity index (χ2v) is 13.9. The van der Waals surface area contributed by atoms with E-state index in [1.807, 2.05) is 36.4 Å². The molecule has 0 radical (unpaired) electrons. The fraction of sp³-hybridized carbons (Fsp3) is 0.0192. The van der Waals surface area contributed by atoms with Crippen LogP contribution in [0.1, 0.15) is 22.3 Å². The number of hydrogen-bond donors (Lipinski definition) is 0. The lowest BCUT2D eigenvalue weighted by Gasteiger charge is -2.34. The van der Waals surface area contributed by atoms with E-state index in [-0.39, 0.29) is 0 Å². The highest BCUT2D eigenvalue weighted by molar-refractivity contribution is 5.95. The molecule has 3 heteroatoms. The van der Waals surface area contributed by atoms with E-state index in [1.165, 1.54) is 44.5 Å². The van der Waals surface area contributed by atoms with Crippen LogP contribution in [0, 0.1) is 0 Å². The van der Waals surface area contributed by atoms with Crippen molar-refractivity contribution >= 4 is 0 Å². The predicted molar refractivity (Wildman–Crippen MR) is 224 cm³/mol. The van der Waals surface area contributed by atoms with Gasteiger partial charge in [-0.15, -0.1) is 0 Å². The summed E-state index contributed by atoms with van der Waals surface area (Å²) in [6.07, 6.45) is 0. The van der Waals surface area contributed by atoms with Crippen molar-refractivity contribution in [2.24, 2.45) is 0 Å². The first-order chi connectivity index (χ1) is 27.3. The van der Waals surface area contributed by atoms with E-state index >= 15 is 0 Å². The standard InChI is InChI=1S/C52H35N3/c1-5-16-36(17-6-1)37-28-32-40(33-29-37)50-53-49(39-18-7-2-8-19-39)54-51(55-50)41-34-30-38(31-35-41)44-25-15-27-47-48(44)45-24-13-14-26-46(45)52(47,42-20-9-3-10-21-42)43-22-11-4-12-23-43/h1-35H. The maximum absolute atomic E-state index is 5.06. The summed E-state index contributed by atoms with van der Waals surface area (Å²) < 4.78 is 0. The van der Waals surface area contributed by atoms with Crippen molar-refractivity contribution in [2.45, 2.75) is 5.41 Å². The molecule has 1 aliphatic rings. The minimum Gasteiger partial charge on any atom is -0.208 e. The predicted octanol–water partition coefficient (Wildman–Crippen LogP) is 12.6. The Kier molecular flexibility index (Phi) is 8.04. The van der Waals surface area contributed by atoms with Gasteiger partial charge < -0.3 is 0 Å². The van der Waals surface area contributed by atoms with Gasteiger partial charge in [0.25, 0.3) is 0 Å². The topological polar surface area (TPSA) is 38.7 Å². The second kappa shape index (κ2) is 13.6. The molecule has 0 bridgehead atoms. The number of hydrogen-bond acceptors (Lipinski definition) is 3. The Labute approximate surface area is 321 Å². The van der Waals surface area contributed by atoms with Gasteiger partial charge in [-0.2, -0.15) is 0 Å². The lowest BCUT2D eigenvalue weighted by Crippen LogP contribution is -2.28. The zero-order valence-corrected chi connectivity index (χ0v) is 30.0. The van der Waals surface area contributed by atoms with Gasteiger partial charge in [0.2, 0.25) is 0 Å². The smallest absolute Gasteiger partial charge is 0.164 e. The number of fused-ring (bicyclic) bond motifs is 3. The summed E-state index contributed by atoms with van der Waals surface area (Å²) in [6.45, 7) is 0. The first-order valence-corrected chi connectivity index (χ1v) is 18.7. The van der Waals surface area contributed by atoms with Crippen molar-refractivity contribution in [2.75, 3.05) is 0 Å². The Balaban J connectivity index is 1.09. The van der Waals surface area contributed by atoms with Gasteiger partial charge in [-0.25, -0.2) is 15.0 Å². The molecule has 0 spiro atoms. The molecule has 0 aliphatic heterocycles. The van der Waals surface area contributed by atoms with Gasteiger partial charge in [-0.05, 0) is 55.6 Å². The van der Waals surface area contributed by atoms with E-state index in [0.29, 0.717) is 17.5 Å². The third-order valence-electron chi connectivity index (χ3n) is 10.9. The van der Waals surface area contributed by atoms with Crippen molar-refractivity contribution in [1.82, 2.24) is 15.0 Å². The molecule has 3 nitrogen and oxygen atoms in total. The largest absolute Gasteiger partial charge is 0.208 e. The first kappa shape index (κ1) is 32.4. The monoisotopic (exact) mass is 701 g/mol. The fourth-order valence-electron chi connectivity index (χ4n) is 8.33. The van der Waals surface area contributed by atoms with Crippen LogP contribution in [0.2, 0.25) is 0 Å². The highest BCUT2D eigenvalue weighted by Crippen LogP contribution is 2.58. The molecule has 1 aliphatic carbocycles. The molecule has 55 heavy (non-hydrogen) atoms. The van der Waals surface area contributed by atoms with Gasteiger partial charge in [0.05, 0.1) is 5.41 Å². The van der Waals surface area contributed by atoms with Crippen LogP contribution in [-0.2, 0) is 5.41 Å². The van der Waals surface area contributed by atoms with Crippen LogP contribution in [0.15, 0.2) is 212 Å². The minimum absolute atomic E-state index is 0.446. The molecule has 0 unspecified atom stereocenters. The van der Waals surface area contributed by atoms with E-state index in [4.69, 9.17) is 15.0 Å². The van der Waals surface area contributed by atoms with E-state index in [2.05, 4.69) is 176 Å². The highest BCUT2D eigenvalue weighted by atomic mass is 15.0. The molecule has 10 rings (SSSR count). The zero-order valence-electron chi connectivity index (χ0n) is 30.0. The van der Waals surface area contributed by atoms with Crippen LogP contribution < -0.4 is 0 Å². The Bertz CT molecular complexity index is 2720. The third-order valence-corrected chi connectivity index (χ3v) is 10.9. The summed E-state index contributed by atoms with van der Waals surface area (Å²) in [6, 6.07) is 75.3. The first-order valence-electron chi connectivity index (χ1n) is 18.7. The van der Waals surface area contributed by atoms with Crippen LogP contribution in [0.25, 0.3) is 67.5 Å². The number of aromatic nitrogens is 3. The van der Waals surface area contributed by atoms with Gasteiger partial charge in [-0.3, -0.25) is 0 Å². The molecule has 0 N–H and O–H groups in total. The normalized spacial score (nSPS) is 12.5. The summed E-state index contributed by atoms with van der Waals surface area (Å²) in [5.74, 6) is 1.93. The Hall–Kier alpha value is -7.23. The van der Waals surface area contributed by atoms with E-state index in [1.54, 1.807) is 0 Å². The van der Waals surface area contributed by atoms with Gasteiger partial charge in [0.1, 0.15) is 0 Å². The molecule has 8 aromatic carbocycles. The summed E-state index contributed by atoms with van der Waals surface area (Å²) >= 11 is 0. The Morgan fingerprint density at radius 3 is 1.16 bits per heavy atom. The summed E-state index contributed by atoms with van der Waals surface area (Å²) in [4.78, 5) is 15.0. The molecule has 0 fully saturated rings. The summed E-state index contributed by atoms with van der Waals surface area (Å²) in [7, 11) is 0. The quantitative estimate of drug-likeness (QED) is 0.166. The molecule has 9 aromatic rings. The zero-order chi connectivity index (χ0) is 36.6. The molecule has 0 amide bonds. The Morgan fingerprint density at radius 2 is 0.618 bits per heavy atom. The van der Waals surface area contributed by atoms with Crippen LogP contribution in [-0.4, -0.2) is 15.0 Å². The molecule has 0 atom stereocenters. The molecule has 0 saturated carbocycles. The fourth-order valence-corrected chi connectivity index (χ4v) is 8.33. The van der Waals surface area contributed by atoms with Gasteiger partial charge in [-0.1, -0.05) is 212 Å². The molecular weight excluding hydrogens is 667 g/mol. The number of rotatable bonds is 7. The van der Waals surface area contributed by atoms with Crippen molar-refractivity contribution < 1.29 is 0 Å². The molecular formula is C52H35N3. The SMILES string of the molecule is c1ccc(-c2ccc(-c3nc(-c4ccccc4)nc(-c4ccc(-c5cccc6c5-c5ccccc5C6(c5ccccc5)c5ccccc5)cc4)n3)cc2)cc1. The lowest BCUT2D eigenvalue weighted by atomic mass is 9.67. The van der Waals surface area contributed by atoms with Crippen LogP contribution >= 0.6 is 0 Å². The highest BCUT2D eigenvalue weighted by Gasteiger charge is 2.46.